The van der Waals surface area contributed by atoms with Crippen LogP contribution in [0.2, 0.25) is 5.02 Å². The van der Waals surface area contributed by atoms with Crippen molar-refractivity contribution in [1.82, 2.24) is 20.3 Å². The molecule has 0 saturated carbocycles. The summed E-state index contributed by atoms with van der Waals surface area (Å²) in [6, 6.07) is 15.1. The zero-order valence-electron chi connectivity index (χ0n) is 16.4. The second-order valence-corrected chi connectivity index (χ2v) is 7.31. The Labute approximate surface area is 183 Å². The van der Waals surface area contributed by atoms with Gasteiger partial charge in [0.1, 0.15) is 12.0 Å². The van der Waals surface area contributed by atoms with E-state index in [0.29, 0.717) is 16.4 Å². The first-order chi connectivity index (χ1) is 15.0. The number of halogens is 1. The lowest BCUT2D eigenvalue weighted by Gasteiger charge is -2.41. The zero-order valence-corrected chi connectivity index (χ0v) is 17.1. The average Bonchev–Trinajstić information content (AvgIpc) is 3.30. The summed E-state index contributed by atoms with van der Waals surface area (Å²) >= 11 is 5.96. The first kappa shape index (κ1) is 20.7. The largest absolute Gasteiger partial charge is 0.395 e. The van der Waals surface area contributed by atoms with Crippen LogP contribution < -0.4 is 10.6 Å². The molecule has 1 fully saturated rings. The lowest BCUT2D eigenvalue weighted by Crippen LogP contribution is -2.67. The van der Waals surface area contributed by atoms with Gasteiger partial charge in [-0.2, -0.15) is 0 Å². The Morgan fingerprint density at radius 3 is 2.68 bits per heavy atom. The Morgan fingerprint density at radius 2 is 1.97 bits per heavy atom. The van der Waals surface area contributed by atoms with E-state index in [2.05, 4.69) is 15.8 Å². The SMILES string of the molecule is O=C1NC(Nc2cccc(-c3ccon3)c2)N(Cc2ccc(Cl)cc2)C(=O)N1CCO. The molecule has 3 aromatic rings. The number of carbonyl (C=O) groups excluding carboxylic acids is 2. The van der Waals surface area contributed by atoms with Crippen LogP contribution in [0.5, 0.6) is 0 Å². The van der Waals surface area contributed by atoms with Crippen LogP contribution in [0.15, 0.2) is 65.4 Å². The van der Waals surface area contributed by atoms with Gasteiger partial charge in [0.2, 0.25) is 0 Å². The lowest BCUT2D eigenvalue weighted by molar-refractivity contribution is 0.0992. The summed E-state index contributed by atoms with van der Waals surface area (Å²) in [5.74, 6) is 0. The second-order valence-electron chi connectivity index (χ2n) is 6.87. The van der Waals surface area contributed by atoms with Crippen LogP contribution in [0.3, 0.4) is 0 Å². The van der Waals surface area contributed by atoms with Crippen LogP contribution in [-0.4, -0.2) is 51.6 Å². The normalized spacial score (nSPS) is 16.4. The number of nitrogens with one attached hydrogen (secondary N) is 2. The molecular formula is C21H20ClN5O4. The Kier molecular flexibility index (Phi) is 6.06. The summed E-state index contributed by atoms with van der Waals surface area (Å²) in [6.45, 7) is -0.208. The van der Waals surface area contributed by atoms with Gasteiger partial charge in [-0.3, -0.25) is 10.2 Å². The number of rotatable bonds is 7. The molecule has 2 heterocycles. The molecule has 9 nitrogen and oxygen atoms in total. The number of anilines is 1. The number of β-amino-alcohol motifs (C(OH)–C–C–N with tert-alkyl or cyclic N) is 1. The van der Waals surface area contributed by atoms with Crippen molar-refractivity contribution >= 4 is 29.4 Å². The molecule has 4 rings (SSSR count). The molecule has 31 heavy (non-hydrogen) atoms. The molecule has 1 aliphatic rings. The number of nitrogens with zero attached hydrogens (tertiary/aromatic N) is 3. The van der Waals surface area contributed by atoms with Gasteiger partial charge in [-0.15, -0.1) is 0 Å². The Bertz CT molecular complexity index is 1060. The number of urea groups is 2. The van der Waals surface area contributed by atoms with Crippen molar-refractivity contribution in [1.29, 1.82) is 0 Å². The Hall–Kier alpha value is -3.56. The van der Waals surface area contributed by atoms with E-state index in [0.717, 1.165) is 16.0 Å². The molecular weight excluding hydrogens is 422 g/mol. The van der Waals surface area contributed by atoms with Gasteiger partial charge in [0.25, 0.3) is 0 Å². The highest BCUT2D eigenvalue weighted by atomic mass is 35.5. The van der Waals surface area contributed by atoms with Crippen molar-refractivity contribution < 1.29 is 19.2 Å². The van der Waals surface area contributed by atoms with Gasteiger partial charge in [-0.05, 0) is 29.8 Å². The second kappa shape index (κ2) is 9.07. The fraction of sp³-hybridized carbons (Fsp3) is 0.190. The van der Waals surface area contributed by atoms with Gasteiger partial charge in [0.15, 0.2) is 6.29 Å². The number of aliphatic hydroxyl groups excluding tert-OH is 1. The third-order valence-electron chi connectivity index (χ3n) is 4.78. The van der Waals surface area contributed by atoms with Crippen LogP contribution in [0.4, 0.5) is 15.3 Å². The monoisotopic (exact) mass is 441 g/mol. The molecule has 1 saturated heterocycles. The van der Waals surface area contributed by atoms with E-state index in [4.69, 9.17) is 16.1 Å². The fourth-order valence-corrected chi connectivity index (χ4v) is 3.40. The molecule has 0 aliphatic carbocycles. The van der Waals surface area contributed by atoms with Crippen molar-refractivity contribution in [2.75, 3.05) is 18.5 Å². The Morgan fingerprint density at radius 1 is 1.16 bits per heavy atom. The number of hydrogen-bond donors (Lipinski definition) is 3. The Balaban J connectivity index is 1.60. The maximum absolute atomic E-state index is 13.0. The average molecular weight is 442 g/mol. The molecule has 0 spiro atoms. The van der Waals surface area contributed by atoms with Crippen molar-refractivity contribution in [3.8, 4) is 11.3 Å². The van der Waals surface area contributed by atoms with Crippen LogP contribution in [0.25, 0.3) is 11.3 Å². The maximum Gasteiger partial charge on any atom is 0.331 e. The van der Waals surface area contributed by atoms with E-state index in [1.807, 2.05) is 36.4 Å². The highest BCUT2D eigenvalue weighted by Crippen LogP contribution is 2.23. The van der Waals surface area contributed by atoms with Crippen molar-refractivity contribution in [2.24, 2.45) is 0 Å². The highest BCUT2D eigenvalue weighted by molar-refractivity contribution is 6.30. The number of aromatic nitrogens is 1. The van der Waals surface area contributed by atoms with Crippen LogP contribution >= 0.6 is 11.6 Å². The molecule has 1 atom stereocenters. The van der Waals surface area contributed by atoms with E-state index < -0.39 is 18.4 Å². The smallest absolute Gasteiger partial charge is 0.331 e. The van der Waals surface area contributed by atoms with Gasteiger partial charge in [0.05, 0.1) is 19.7 Å². The van der Waals surface area contributed by atoms with E-state index in [1.54, 1.807) is 18.2 Å². The first-order valence-electron chi connectivity index (χ1n) is 9.56. The van der Waals surface area contributed by atoms with E-state index in [-0.39, 0.29) is 19.7 Å². The number of amides is 4. The minimum atomic E-state index is -0.807. The summed E-state index contributed by atoms with van der Waals surface area (Å²) in [6.07, 6.45) is 0.678. The predicted molar refractivity (Wildman–Crippen MR) is 114 cm³/mol. The van der Waals surface area contributed by atoms with E-state index >= 15 is 0 Å². The number of carbonyl (C=O) groups is 2. The van der Waals surface area contributed by atoms with Gasteiger partial charge in [-0.25, -0.2) is 14.5 Å². The molecule has 1 aliphatic heterocycles. The summed E-state index contributed by atoms with van der Waals surface area (Å²) in [7, 11) is 0. The summed E-state index contributed by atoms with van der Waals surface area (Å²) in [5.41, 5.74) is 2.99. The predicted octanol–water partition coefficient (Wildman–Crippen LogP) is 3.33. The quantitative estimate of drug-likeness (QED) is 0.518. The fourth-order valence-electron chi connectivity index (χ4n) is 3.27. The molecule has 1 unspecified atom stereocenters. The summed E-state index contributed by atoms with van der Waals surface area (Å²) in [5, 5.41) is 19.7. The lowest BCUT2D eigenvalue weighted by atomic mass is 10.1. The standard InChI is InChI=1S/C21H20ClN5O4/c22-16-6-4-14(5-7-16)13-27-19(24-20(29)26(9-10-28)21(27)30)23-17-3-1-2-15(12-17)18-8-11-31-25-18/h1-8,11-12,19,23,28H,9-10,13H2,(H,24,29). The van der Waals surface area contributed by atoms with Crippen LogP contribution in [0, 0.1) is 0 Å². The van der Waals surface area contributed by atoms with E-state index in [9.17, 15) is 14.7 Å². The van der Waals surface area contributed by atoms with Gasteiger partial charge >= 0.3 is 12.1 Å². The molecule has 0 radical (unpaired) electrons. The van der Waals surface area contributed by atoms with Crippen molar-refractivity contribution in [3.63, 3.8) is 0 Å². The van der Waals surface area contributed by atoms with Crippen molar-refractivity contribution in [2.45, 2.75) is 12.8 Å². The number of benzene rings is 2. The summed E-state index contributed by atoms with van der Waals surface area (Å²) < 4.78 is 4.90. The minimum absolute atomic E-state index is 0.101. The van der Waals surface area contributed by atoms with Gasteiger partial charge in [-0.1, -0.05) is 41.0 Å². The molecule has 2 aromatic carbocycles. The maximum atomic E-state index is 13.0. The van der Waals surface area contributed by atoms with Gasteiger partial charge < -0.3 is 14.9 Å². The number of aliphatic hydroxyl groups is 1. The third-order valence-corrected chi connectivity index (χ3v) is 5.03. The van der Waals surface area contributed by atoms with Crippen LogP contribution in [0.1, 0.15) is 5.56 Å². The minimum Gasteiger partial charge on any atom is -0.395 e. The van der Waals surface area contributed by atoms with Crippen molar-refractivity contribution in [3.05, 3.63) is 71.4 Å². The molecule has 0 bridgehead atoms. The first-order valence-corrected chi connectivity index (χ1v) is 9.94. The molecule has 10 heteroatoms. The van der Waals surface area contributed by atoms with Crippen LogP contribution in [-0.2, 0) is 6.54 Å². The third kappa shape index (κ3) is 4.62. The molecule has 3 N–H and O–H groups in total. The topological polar surface area (TPSA) is 111 Å². The summed E-state index contributed by atoms with van der Waals surface area (Å²) in [4.78, 5) is 28.0. The number of hydrogen-bond acceptors (Lipinski definition) is 6. The number of imide groups is 1. The van der Waals surface area contributed by atoms with E-state index in [1.165, 1.54) is 11.2 Å². The highest BCUT2D eigenvalue weighted by Gasteiger charge is 2.38. The molecule has 1 aromatic heterocycles. The zero-order chi connectivity index (χ0) is 21.8. The molecule has 4 amide bonds. The van der Waals surface area contributed by atoms with Gasteiger partial charge in [0, 0.05) is 22.3 Å². The molecule has 160 valence electrons.